The highest BCUT2D eigenvalue weighted by atomic mass is 16.5. The van der Waals surface area contributed by atoms with Crippen molar-refractivity contribution < 1.29 is 14.6 Å². The zero-order chi connectivity index (χ0) is 17.0. The molecule has 2 unspecified atom stereocenters. The molecule has 1 fully saturated rings. The van der Waals surface area contributed by atoms with Gasteiger partial charge in [-0.05, 0) is 47.9 Å². The average molecular weight is 326 g/mol. The third-order valence-corrected chi connectivity index (χ3v) is 5.41. The third-order valence-electron chi connectivity index (χ3n) is 5.41. The van der Waals surface area contributed by atoms with E-state index in [2.05, 4.69) is 37.3 Å². The van der Waals surface area contributed by atoms with Gasteiger partial charge in [0.1, 0.15) is 0 Å². The molecule has 3 heteroatoms. The van der Waals surface area contributed by atoms with Gasteiger partial charge >= 0.3 is 5.97 Å². The molecule has 0 aliphatic heterocycles. The van der Waals surface area contributed by atoms with Crippen molar-refractivity contribution in [2.75, 3.05) is 13.2 Å². The molecular formula is C21H26O3. The highest BCUT2D eigenvalue weighted by Crippen LogP contribution is 2.50. The van der Waals surface area contributed by atoms with Crippen molar-refractivity contribution in [1.82, 2.24) is 0 Å². The number of esters is 1. The Morgan fingerprint density at radius 3 is 2.71 bits per heavy atom. The second kappa shape index (κ2) is 7.35. The average Bonchev–Trinajstić information content (AvgIpc) is 2.59. The summed E-state index contributed by atoms with van der Waals surface area (Å²) in [5, 5.41) is 12.1. The Kier molecular flexibility index (Phi) is 5.20. The van der Waals surface area contributed by atoms with Gasteiger partial charge < -0.3 is 9.84 Å². The van der Waals surface area contributed by atoms with Crippen LogP contribution in [-0.4, -0.2) is 24.3 Å². The molecule has 24 heavy (non-hydrogen) atoms. The Balaban J connectivity index is 1.82. The maximum Gasteiger partial charge on any atom is 0.312 e. The maximum absolute atomic E-state index is 12.7. The summed E-state index contributed by atoms with van der Waals surface area (Å²) >= 11 is 0. The van der Waals surface area contributed by atoms with Crippen molar-refractivity contribution in [3.8, 4) is 0 Å². The van der Waals surface area contributed by atoms with Crippen LogP contribution in [0.1, 0.15) is 38.2 Å². The number of aliphatic hydroxyl groups is 1. The van der Waals surface area contributed by atoms with E-state index in [0.29, 0.717) is 13.0 Å². The highest BCUT2D eigenvalue weighted by Gasteiger charge is 2.53. The summed E-state index contributed by atoms with van der Waals surface area (Å²) in [5.74, 6) is -0.118. The molecule has 0 radical (unpaired) electrons. The van der Waals surface area contributed by atoms with Gasteiger partial charge in [0.25, 0.3) is 0 Å². The van der Waals surface area contributed by atoms with Gasteiger partial charge in [-0.3, -0.25) is 4.79 Å². The molecule has 1 aliphatic rings. The Hall–Kier alpha value is -1.87. The van der Waals surface area contributed by atoms with E-state index in [1.54, 1.807) is 0 Å². The summed E-state index contributed by atoms with van der Waals surface area (Å²) in [7, 11) is 0. The van der Waals surface area contributed by atoms with Gasteiger partial charge in [-0.15, -0.1) is 0 Å². The summed E-state index contributed by atoms with van der Waals surface area (Å²) in [4.78, 5) is 12.7. The van der Waals surface area contributed by atoms with Gasteiger partial charge in [-0.25, -0.2) is 0 Å². The lowest BCUT2D eigenvalue weighted by Crippen LogP contribution is -2.51. The van der Waals surface area contributed by atoms with E-state index in [0.717, 1.165) is 31.2 Å². The topological polar surface area (TPSA) is 46.5 Å². The van der Waals surface area contributed by atoms with E-state index >= 15 is 0 Å². The molecule has 1 saturated carbocycles. The van der Waals surface area contributed by atoms with Gasteiger partial charge in [0.05, 0.1) is 12.0 Å². The minimum atomic E-state index is -0.551. The first-order valence-electron chi connectivity index (χ1n) is 8.95. The zero-order valence-electron chi connectivity index (χ0n) is 14.3. The predicted molar refractivity (Wildman–Crippen MR) is 95.8 cm³/mol. The molecule has 1 aliphatic carbocycles. The Morgan fingerprint density at radius 2 is 2.04 bits per heavy atom. The molecule has 2 atom stereocenters. The van der Waals surface area contributed by atoms with Crippen LogP contribution in [0.15, 0.2) is 42.5 Å². The number of rotatable bonds is 7. The normalized spacial score (nSPS) is 23.0. The lowest BCUT2D eigenvalue weighted by molar-refractivity contribution is -0.170. The van der Waals surface area contributed by atoms with E-state index in [4.69, 9.17) is 4.74 Å². The van der Waals surface area contributed by atoms with Crippen LogP contribution in [0.5, 0.6) is 0 Å². The van der Waals surface area contributed by atoms with E-state index in [-0.39, 0.29) is 18.5 Å². The molecule has 0 amide bonds. The standard InChI is InChI=1S/C21H26O3/c1-2-3-12-24-20(23)21(11-10-19(21)15-22)14-16-8-9-17-6-4-5-7-18(17)13-16/h4-9,13,19,22H,2-3,10-12,14-15H2,1H3. The molecule has 3 nitrogen and oxygen atoms in total. The molecular weight excluding hydrogens is 300 g/mol. The first kappa shape index (κ1) is 17.0. The minimum Gasteiger partial charge on any atom is -0.465 e. The third kappa shape index (κ3) is 3.18. The summed E-state index contributed by atoms with van der Waals surface area (Å²) in [5.41, 5.74) is 0.588. The fourth-order valence-corrected chi connectivity index (χ4v) is 3.70. The molecule has 0 bridgehead atoms. The number of aliphatic hydroxyl groups excluding tert-OH is 1. The molecule has 2 aromatic rings. The van der Waals surface area contributed by atoms with Crippen LogP contribution in [0.2, 0.25) is 0 Å². The van der Waals surface area contributed by atoms with Crippen LogP contribution < -0.4 is 0 Å². The summed E-state index contributed by atoms with van der Waals surface area (Å²) in [6.07, 6.45) is 4.24. The monoisotopic (exact) mass is 326 g/mol. The van der Waals surface area contributed by atoms with Crippen LogP contribution >= 0.6 is 0 Å². The number of ether oxygens (including phenoxy) is 1. The van der Waals surface area contributed by atoms with Crippen molar-refractivity contribution >= 4 is 16.7 Å². The Labute approximate surface area is 143 Å². The molecule has 1 N–H and O–H groups in total. The van der Waals surface area contributed by atoms with Gasteiger partial charge in [-0.2, -0.15) is 0 Å². The first-order valence-corrected chi connectivity index (χ1v) is 8.95. The van der Waals surface area contributed by atoms with E-state index < -0.39 is 5.41 Å². The van der Waals surface area contributed by atoms with Crippen LogP contribution in [0, 0.1) is 11.3 Å². The second-order valence-electron chi connectivity index (χ2n) is 6.92. The van der Waals surface area contributed by atoms with Crippen molar-refractivity contribution in [2.45, 2.75) is 39.0 Å². The quantitative estimate of drug-likeness (QED) is 0.615. The van der Waals surface area contributed by atoms with Gasteiger partial charge in [0, 0.05) is 6.61 Å². The van der Waals surface area contributed by atoms with E-state index in [9.17, 15) is 9.90 Å². The number of benzene rings is 2. The fraction of sp³-hybridized carbons (Fsp3) is 0.476. The van der Waals surface area contributed by atoms with Crippen LogP contribution in [0.25, 0.3) is 10.8 Å². The molecule has 0 aromatic heterocycles. The number of hydrogen-bond donors (Lipinski definition) is 1. The lowest BCUT2D eigenvalue weighted by Gasteiger charge is -2.46. The van der Waals surface area contributed by atoms with Crippen molar-refractivity contribution in [3.05, 3.63) is 48.0 Å². The fourth-order valence-electron chi connectivity index (χ4n) is 3.70. The predicted octanol–water partition coefficient (Wildman–Crippen LogP) is 4.11. The lowest BCUT2D eigenvalue weighted by atomic mass is 9.57. The Bertz CT molecular complexity index is 707. The first-order chi connectivity index (χ1) is 11.7. The summed E-state index contributed by atoms with van der Waals surface area (Å²) in [6, 6.07) is 14.6. The zero-order valence-corrected chi connectivity index (χ0v) is 14.3. The molecule has 0 spiro atoms. The number of unbranched alkanes of at least 4 members (excludes halogenated alkanes) is 1. The molecule has 128 valence electrons. The maximum atomic E-state index is 12.7. The van der Waals surface area contributed by atoms with Crippen molar-refractivity contribution in [3.63, 3.8) is 0 Å². The molecule has 3 rings (SSSR count). The van der Waals surface area contributed by atoms with Crippen molar-refractivity contribution in [1.29, 1.82) is 0 Å². The number of hydrogen-bond acceptors (Lipinski definition) is 3. The van der Waals surface area contributed by atoms with E-state index in [1.807, 2.05) is 12.1 Å². The SMILES string of the molecule is CCCCOC(=O)C1(Cc2ccc3ccccc3c2)CCC1CO. The van der Waals surface area contributed by atoms with Crippen LogP contribution in [0.3, 0.4) is 0 Å². The Morgan fingerprint density at radius 1 is 1.25 bits per heavy atom. The smallest absolute Gasteiger partial charge is 0.312 e. The van der Waals surface area contributed by atoms with Crippen LogP contribution in [-0.2, 0) is 16.0 Å². The van der Waals surface area contributed by atoms with Gasteiger partial charge in [0.15, 0.2) is 0 Å². The van der Waals surface area contributed by atoms with Gasteiger partial charge in [0.2, 0.25) is 0 Å². The molecule has 0 heterocycles. The number of fused-ring (bicyclic) bond motifs is 1. The molecule has 0 saturated heterocycles. The van der Waals surface area contributed by atoms with E-state index in [1.165, 1.54) is 10.8 Å². The second-order valence-corrected chi connectivity index (χ2v) is 6.92. The summed E-state index contributed by atoms with van der Waals surface area (Å²) < 4.78 is 5.53. The highest BCUT2D eigenvalue weighted by molar-refractivity contribution is 5.84. The van der Waals surface area contributed by atoms with Crippen LogP contribution in [0.4, 0.5) is 0 Å². The number of carbonyl (C=O) groups is 1. The van der Waals surface area contributed by atoms with Crippen molar-refractivity contribution in [2.24, 2.45) is 11.3 Å². The van der Waals surface area contributed by atoms with Gasteiger partial charge in [-0.1, -0.05) is 55.8 Å². The summed E-state index contributed by atoms with van der Waals surface area (Å²) in [6.45, 7) is 2.61. The largest absolute Gasteiger partial charge is 0.465 e. The number of carbonyl (C=O) groups excluding carboxylic acids is 1. The minimum absolute atomic E-state index is 0.0121. The molecule has 2 aromatic carbocycles.